The molecule has 0 heterocycles. The molecule has 0 fully saturated rings. The summed E-state index contributed by atoms with van der Waals surface area (Å²) < 4.78 is 5.55. The van der Waals surface area contributed by atoms with E-state index in [4.69, 9.17) is 10.00 Å². The van der Waals surface area contributed by atoms with Crippen LogP contribution in [0.5, 0.6) is 5.75 Å². The Morgan fingerprint density at radius 2 is 1.64 bits per heavy atom. The van der Waals surface area contributed by atoms with Crippen molar-refractivity contribution in [1.82, 2.24) is 0 Å². The third-order valence-corrected chi connectivity index (χ3v) is 3.28. The lowest BCUT2D eigenvalue weighted by atomic mass is 10.0. The van der Waals surface area contributed by atoms with Crippen LogP contribution in [0.15, 0.2) is 60.7 Å². The molecule has 0 N–H and O–H groups in total. The fraction of sp³-hybridized carbons (Fsp3) is 0.158. The van der Waals surface area contributed by atoms with Gasteiger partial charge >= 0.3 is 0 Å². The van der Waals surface area contributed by atoms with Crippen LogP contribution in [0.2, 0.25) is 0 Å². The Kier molecular flexibility index (Phi) is 5.11. The zero-order valence-corrected chi connectivity index (χ0v) is 12.5. The number of carbonyl (C=O) groups excluding carboxylic acids is 1. The highest BCUT2D eigenvalue weighted by atomic mass is 16.5. The van der Waals surface area contributed by atoms with Gasteiger partial charge in [-0.25, -0.2) is 0 Å². The minimum Gasteiger partial charge on any atom is -0.493 e. The summed E-state index contributed by atoms with van der Waals surface area (Å²) in [5.41, 5.74) is 3.29. The standard InChI is InChI=1S/C19H17NO2/c1-14(2)19(21)11-12-22-18-9-7-17(8-10-18)16-5-3-15(13-20)4-6-16/h3-10H,1,11-12H2,2H3. The molecule has 2 aromatic carbocycles. The molecule has 0 saturated heterocycles. The molecule has 0 spiro atoms. The number of ketones is 1. The molecule has 2 aromatic rings. The first-order chi connectivity index (χ1) is 10.6. The van der Waals surface area contributed by atoms with E-state index in [1.54, 1.807) is 19.1 Å². The third-order valence-electron chi connectivity index (χ3n) is 3.28. The Hall–Kier alpha value is -2.86. The normalized spacial score (nSPS) is 9.82. The van der Waals surface area contributed by atoms with Crippen molar-refractivity contribution in [3.63, 3.8) is 0 Å². The van der Waals surface area contributed by atoms with Crippen molar-refractivity contribution < 1.29 is 9.53 Å². The van der Waals surface area contributed by atoms with E-state index in [2.05, 4.69) is 12.6 Å². The molecule has 2 rings (SSSR count). The van der Waals surface area contributed by atoms with E-state index < -0.39 is 0 Å². The van der Waals surface area contributed by atoms with E-state index in [9.17, 15) is 4.79 Å². The van der Waals surface area contributed by atoms with Crippen LogP contribution in [0.25, 0.3) is 11.1 Å². The van der Waals surface area contributed by atoms with Crippen molar-refractivity contribution >= 4 is 5.78 Å². The molecule has 0 aromatic heterocycles. The minimum absolute atomic E-state index is 0.0224. The highest BCUT2D eigenvalue weighted by Crippen LogP contribution is 2.22. The van der Waals surface area contributed by atoms with E-state index in [1.165, 1.54) is 0 Å². The van der Waals surface area contributed by atoms with Gasteiger partial charge < -0.3 is 4.74 Å². The fourth-order valence-corrected chi connectivity index (χ4v) is 1.96. The second-order valence-corrected chi connectivity index (χ2v) is 5.02. The molecule has 3 nitrogen and oxygen atoms in total. The van der Waals surface area contributed by atoms with Gasteiger partial charge in [-0.05, 0) is 47.9 Å². The minimum atomic E-state index is 0.0224. The molecule has 110 valence electrons. The first-order valence-corrected chi connectivity index (χ1v) is 7.02. The number of carbonyl (C=O) groups is 1. The molecule has 0 aliphatic carbocycles. The number of hydrogen-bond acceptors (Lipinski definition) is 3. The van der Waals surface area contributed by atoms with E-state index >= 15 is 0 Å². The largest absolute Gasteiger partial charge is 0.493 e. The van der Waals surface area contributed by atoms with Gasteiger partial charge in [0, 0.05) is 6.42 Å². The predicted molar refractivity (Wildman–Crippen MR) is 86.5 cm³/mol. The summed E-state index contributed by atoms with van der Waals surface area (Å²) in [5.74, 6) is 0.751. The highest BCUT2D eigenvalue weighted by molar-refractivity contribution is 5.94. The van der Waals surface area contributed by atoms with Gasteiger partial charge in [-0.1, -0.05) is 30.8 Å². The predicted octanol–water partition coefficient (Wildman–Crippen LogP) is 4.14. The van der Waals surface area contributed by atoms with Crippen molar-refractivity contribution in [3.05, 3.63) is 66.2 Å². The van der Waals surface area contributed by atoms with Crippen molar-refractivity contribution in [2.45, 2.75) is 13.3 Å². The Morgan fingerprint density at radius 1 is 1.09 bits per heavy atom. The molecule has 0 radical (unpaired) electrons. The summed E-state index contributed by atoms with van der Waals surface area (Å²) in [6.07, 6.45) is 0.340. The van der Waals surface area contributed by atoms with Crippen LogP contribution in [0.4, 0.5) is 0 Å². The number of ether oxygens (including phenoxy) is 1. The van der Waals surface area contributed by atoms with Crippen molar-refractivity contribution in [1.29, 1.82) is 5.26 Å². The first kappa shape index (κ1) is 15.5. The van der Waals surface area contributed by atoms with E-state index in [0.29, 0.717) is 24.2 Å². The van der Waals surface area contributed by atoms with E-state index in [-0.39, 0.29) is 5.78 Å². The topological polar surface area (TPSA) is 50.1 Å². The number of Topliss-reactive ketones (excluding diaryl/α,β-unsaturated/α-hetero) is 1. The molecule has 0 saturated carbocycles. The maximum absolute atomic E-state index is 11.4. The number of rotatable bonds is 6. The average molecular weight is 291 g/mol. The number of benzene rings is 2. The lowest BCUT2D eigenvalue weighted by Crippen LogP contribution is -2.06. The summed E-state index contributed by atoms with van der Waals surface area (Å²) in [7, 11) is 0. The highest BCUT2D eigenvalue weighted by Gasteiger charge is 2.03. The molecule has 0 aliphatic heterocycles. The lowest BCUT2D eigenvalue weighted by molar-refractivity contribution is -0.115. The number of hydrogen-bond donors (Lipinski definition) is 0. The molecule has 22 heavy (non-hydrogen) atoms. The zero-order chi connectivity index (χ0) is 15.9. The summed E-state index contributed by atoms with van der Waals surface area (Å²) in [6.45, 7) is 5.67. The fourth-order valence-electron chi connectivity index (χ4n) is 1.96. The molecular weight excluding hydrogens is 274 g/mol. The summed E-state index contributed by atoms with van der Waals surface area (Å²) in [6, 6.07) is 17.2. The molecule has 0 unspecified atom stereocenters. The molecule has 0 amide bonds. The Bertz CT molecular complexity index is 707. The van der Waals surface area contributed by atoms with Gasteiger partial charge in [-0.3, -0.25) is 4.79 Å². The maximum atomic E-state index is 11.4. The quantitative estimate of drug-likeness (QED) is 0.752. The van der Waals surface area contributed by atoms with Crippen LogP contribution in [-0.4, -0.2) is 12.4 Å². The zero-order valence-electron chi connectivity index (χ0n) is 12.5. The Morgan fingerprint density at radius 3 is 2.14 bits per heavy atom. The van der Waals surface area contributed by atoms with Gasteiger partial charge in [-0.2, -0.15) is 5.26 Å². The second kappa shape index (κ2) is 7.24. The monoisotopic (exact) mass is 291 g/mol. The Labute approximate surface area is 130 Å². The van der Waals surface area contributed by atoms with Crippen molar-refractivity contribution in [3.8, 4) is 22.9 Å². The second-order valence-electron chi connectivity index (χ2n) is 5.02. The van der Waals surface area contributed by atoms with Crippen LogP contribution in [0.3, 0.4) is 0 Å². The van der Waals surface area contributed by atoms with E-state index in [0.717, 1.165) is 16.9 Å². The van der Waals surface area contributed by atoms with Gasteiger partial charge in [-0.15, -0.1) is 0 Å². The molecule has 0 bridgehead atoms. The number of nitriles is 1. The van der Waals surface area contributed by atoms with Gasteiger partial charge in [0.2, 0.25) is 0 Å². The van der Waals surface area contributed by atoms with Gasteiger partial charge in [0.1, 0.15) is 5.75 Å². The lowest BCUT2D eigenvalue weighted by Gasteiger charge is -2.07. The first-order valence-electron chi connectivity index (χ1n) is 7.02. The third kappa shape index (κ3) is 4.07. The van der Waals surface area contributed by atoms with Crippen LogP contribution in [0.1, 0.15) is 18.9 Å². The van der Waals surface area contributed by atoms with Crippen LogP contribution < -0.4 is 4.74 Å². The SMILES string of the molecule is C=C(C)C(=O)CCOc1ccc(-c2ccc(C#N)cc2)cc1. The number of allylic oxidation sites excluding steroid dienone is 1. The average Bonchev–Trinajstić information content (AvgIpc) is 2.55. The van der Waals surface area contributed by atoms with E-state index in [1.807, 2.05) is 36.4 Å². The molecule has 0 atom stereocenters. The molecule has 3 heteroatoms. The van der Waals surface area contributed by atoms with Crippen LogP contribution in [0, 0.1) is 11.3 Å². The summed E-state index contributed by atoms with van der Waals surface area (Å²) in [5, 5.41) is 8.80. The van der Waals surface area contributed by atoms with Gasteiger partial charge in [0.15, 0.2) is 5.78 Å². The van der Waals surface area contributed by atoms with Crippen LogP contribution in [-0.2, 0) is 4.79 Å². The number of nitrogens with zero attached hydrogens (tertiary/aromatic N) is 1. The van der Waals surface area contributed by atoms with Crippen molar-refractivity contribution in [2.75, 3.05) is 6.61 Å². The smallest absolute Gasteiger partial charge is 0.161 e. The summed E-state index contributed by atoms with van der Waals surface area (Å²) in [4.78, 5) is 11.4. The summed E-state index contributed by atoms with van der Waals surface area (Å²) >= 11 is 0. The Balaban J connectivity index is 1.96. The van der Waals surface area contributed by atoms with Crippen molar-refractivity contribution in [2.24, 2.45) is 0 Å². The molecular formula is C19H17NO2. The van der Waals surface area contributed by atoms with Crippen LogP contribution >= 0.6 is 0 Å². The maximum Gasteiger partial charge on any atom is 0.161 e. The van der Waals surface area contributed by atoms with Gasteiger partial charge in [0.25, 0.3) is 0 Å². The van der Waals surface area contributed by atoms with Gasteiger partial charge in [0.05, 0.1) is 18.2 Å². The molecule has 0 aliphatic rings.